The van der Waals surface area contributed by atoms with Gasteiger partial charge in [-0.1, -0.05) is 30.3 Å². The second-order valence-corrected chi connectivity index (χ2v) is 9.19. The van der Waals surface area contributed by atoms with Gasteiger partial charge in [-0.25, -0.2) is 0 Å². The molecular formula is C26H35N3O2. The lowest BCUT2D eigenvalue weighted by molar-refractivity contribution is -0.137. The Morgan fingerprint density at radius 2 is 1.55 bits per heavy atom. The lowest BCUT2D eigenvalue weighted by atomic mass is 9.94. The van der Waals surface area contributed by atoms with Crippen LogP contribution in [0, 0.1) is 19.8 Å². The molecular weight excluding hydrogens is 386 g/mol. The number of hydrogen-bond acceptors (Lipinski definition) is 2. The Bertz CT molecular complexity index is 920. The average molecular weight is 422 g/mol. The summed E-state index contributed by atoms with van der Waals surface area (Å²) < 4.78 is 2.26. The molecule has 1 atom stereocenters. The number of aromatic nitrogens is 1. The molecule has 4 rings (SSSR count). The number of carbonyl (C=O) groups is 2. The zero-order chi connectivity index (χ0) is 22.0. The number of amides is 2. The highest BCUT2D eigenvalue weighted by molar-refractivity contribution is 5.96. The molecule has 2 fully saturated rings. The maximum atomic E-state index is 13.3. The van der Waals surface area contributed by atoms with E-state index in [4.69, 9.17) is 0 Å². The predicted octanol–water partition coefficient (Wildman–Crippen LogP) is 4.58. The number of likely N-dealkylation sites (tertiary alicyclic amines) is 2. The van der Waals surface area contributed by atoms with Crippen LogP contribution in [0.3, 0.4) is 0 Å². The number of benzene rings is 1. The number of hydrogen-bond donors (Lipinski definition) is 0. The SMILES string of the molecule is Cc1cc(C(=O)N2CCC(C(=O)N3CCCCC3)CC2)c(C)n1C(C)c1ccccc1. The number of piperidine rings is 2. The third-order valence-electron chi connectivity index (χ3n) is 7.18. The first-order valence-electron chi connectivity index (χ1n) is 11.8. The molecule has 0 bridgehead atoms. The Hall–Kier alpha value is -2.56. The van der Waals surface area contributed by atoms with E-state index in [1.54, 1.807) is 0 Å². The first-order valence-corrected chi connectivity index (χ1v) is 11.8. The van der Waals surface area contributed by atoms with E-state index in [1.165, 1.54) is 12.0 Å². The van der Waals surface area contributed by atoms with Crippen molar-refractivity contribution in [1.82, 2.24) is 14.4 Å². The highest BCUT2D eigenvalue weighted by Gasteiger charge is 2.32. The van der Waals surface area contributed by atoms with Crippen molar-refractivity contribution in [3.05, 3.63) is 58.9 Å². The van der Waals surface area contributed by atoms with E-state index in [9.17, 15) is 9.59 Å². The quantitative estimate of drug-likeness (QED) is 0.725. The van der Waals surface area contributed by atoms with Gasteiger partial charge in [0.1, 0.15) is 0 Å². The van der Waals surface area contributed by atoms with Gasteiger partial charge < -0.3 is 14.4 Å². The van der Waals surface area contributed by atoms with Crippen LogP contribution in [0.1, 0.15) is 72.4 Å². The van der Waals surface area contributed by atoms with Crippen LogP contribution >= 0.6 is 0 Å². The summed E-state index contributed by atoms with van der Waals surface area (Å²) in [5.74, 6) is 0.484. The van der Waals surface area contributed by atoms with Crippen molar-refractivity contribution in [1.29, 1.82) is 0 Å². The van der Waals surface area contributed by atoms with E-state index < -0.39 is 0 Å². The van der Waals surface area contributed by atoms with Crippen molar-refractivity contribution in [2.75, 3.05) is 26.2 Å². The van der Waals surface area contributed by atoms with Crippen LogP contribution in [0.15, 0.2) is 36.4 Å². The van der Waals surface area contributed by atoms with Crippen LogP contribution in [0.2, 0.25) is 0 Å². The molecule has 2 amide bonds. The molecule has 31 heavy (non-hydrogen) atoms. The minimum atomic E-state index is 0.0766. The predicted molar refractivity (Wildman–Crippen MR) is 123 cm³/mol. The van der Waals surface area contributed by atoms with Gasteiger partial charge in [0, 0.05) is 43.5 Å². The third kappa shape index (κ3) is 4.41. The average Bonchev–Trinajstić information content (AvgIpc) is 3.12. The molecule has 0 aliphatic carbocycles. The Morgan fingerprint density at radius 1 is 0.903 bits per heavy atom. The van der Waals surface area contributed by atoms with E-state index >= 15 is 0 Å². The number of rotatable bonds is 4. The summed E-state index contributed by atoms with van der Waals surface area (Å²) in [4.78, 5) is 30.2. The Morgan fingerprint density at radius 3 is 2.19 bits per heavy atom. The fourth-order valence-corrected chi connectivity index (χ4v) is 5.34. The normalized spacial score (nSPS) is 18.8. The van der Waals surface area contributed by atoms with Crippen molar-refractivity contribution in [2.24, 2.45) is 5.92 Å². The van der Waals surface area contributed by atoms with E-state index in [2.05, 4.69) is 42.7 Å². The molecule has 2 aliphatic heterocycles. The number of carbonyl (C=O) groups excluding carboxylic acids is 2. The van der Waals surface area contributed by atoms with Gasteiger partial charge in [0.05, 0.1) is 11.6 Å². The van der Waals surface area contributed by atoms with Crippen LogP contribution in [-0.2, 0) is 4.79 Å². The van der Waals surface area contributed by atoms with Crippen LogP contribution < -0.4 is 0 Å². The van der Waals surface area contributed by atoms with Crippen molar-refractivity contribution in [2.45, 2.75) is 58.9 Å². The maximum Gasteiger partial charge on any atom is 0.255 e. The topological polar surface area (TPSA) is 45.6 Å². The molecule has 5 heteroatoms. The molecule has 2 saturated heterocycles. The zero-order valence-electron chi connectivity index (χ0n) is 19.1. The van der Waals surface area contributed by atoms with Gasteiger partial charge in [0.25, 0.3) is 5.91 Å². The number of aryl methyl sites for hydroxylation is 1. The van der Waals surface area contributed by atoms with E-state index in [-0.39, 0.29) is 17.9 Å². The zero-order valence-corrected chi connectivity index (χ0v) is 19.1. The molecule has 0 radical (unpaired) electrons. The molecule has 0 saturated carbocycles. The second kappa shape index (κ2) is 9.29. The van der Waals surface area contributed by atoms with Gasteiger partial charge in [-0.05, 0) is 64.5 Å². The van der Waals surface area contributed by atoms with Gasteiger partial charge >= 0.3 is 0 Å². The summed E-state index contributed by atoms with van der Waals surface area (Å²) in [6.07, 6.45) is 5.04. The van der Waals surface area contributed by atoms with Gasteiger partial charge in [0.15, 0.2) is 0 Å². The van der Waals surface area contributed by atoms with Crippen LogP contribution in [-0.4, -0.2) is 52.4 Å². The van der Waals surface area contributed by atoms with Crippen molar-refractivity contribution >= 4 is 11.8 Å². The highest BCUT2D eigenvalue weighted by atomic mass is 16.2. The van der Waals surface area contributed by atoms with Crippen molar-refractivity contribution in [3.63, 3.8) is 0 Å². The Labute approximate surface area is 186 Å². The smallest absolute Gasteiger partial charge is 0.255 e. The number of nitrogens with zero attached hydrogens (tertiary/aromatic N) is 3. The molecule has 1 unspecified atom stereocenters. The summed E-state index contributed by atoms with van der Waals surface area (Å²) >= 11 is 0. The molecule has 2 aromatic rings. The molecule has 166 valence electrons. The summed E-state index contributed by atoms with van der Waals surface area (Å²) in [5.41, 5.74) is 4.15. The van der Waals surface area contributed by atoms with E-state index in [0.717, 1.165) is 55.7 Å². The fraction of sp³-hybridized carbons (Fsp3) is 0.538. The fourth-order valence-electron chi connectivity index (χ4n) is 5.34. The second-order valence-electron chi connectivity index (χ2n) is 9.19. The van der Waals surface area contributed by atoms with Crippen molar-refractivity contribution in [3.8, 4) is 0 Å². The molecule has 0 spiro atoms. The van der Waals surface area contributed by atoms with Crippen LogP contribution in [0.4, 0.5) is 0 Å². The first-order chi connectivity index (χ1) is 15.0. The highest BCUT2D eigenvalue weighted by Crippen LogP contribution is 2.28. The van der Waals surface area contributed by atoms with Crippen LogP contribution in [0.25, 0.3) is 0 Å². The summed E-state index contributed by atoms with van der Waals surface area (Å²) in [7, 11) is 0. The standard InChI is InChI=1S/C26H35N3O2/c1-19-18-24(21(3)29(19)20(2)22-10-6-4-7-11-22)26(31)28-16-12-23(13-17-28)25(30)27-14-8-5-9-15-27/h4,6-7,10-11,18,20,23H,5,8-9,12-17H2,1-3H3. The van der Waals surface area contributed by atoms with Crippen molar-refractivity contribution < 1.29 is 9.59 Å². The minimum Gasteiger partial charge on any atom is -0.342 e. The molecule has 2 aliphatic rings. The molecule has 1 aromatic carbocycles. The monoisotopic (exact) mass is 421 g/mol. The van der Waals surface area contributed by atoms with Crippen LogP contribution in [0.5, 0.6) is 0 Å². The molecule has 5 nitrogen and oxygen atoms in total. The molecule has 1 aromatic heterocycles. The third-order valence-corrected chi connectivity index (χ3v) is 7.18. The maximum absolute atomic E-state index is 13.3. The summed E-state index contributed by atoms with van der Waals surface area (Å²) in [6, 6.07) is 12.6. The molecule has 0 N–H and O–H groups in total. The minimum absolute atomic E-state index is 0.0766. The largest absolute Gasteiger partial charge is 0.342 e. The van der Waals surface area contributed by atoms with Gasteiger partial charge in [-0.2, -0.15) is 0 Å². The molecule has 3 heterocycles. The Kier molecular flexibility index (Phi) is 6.49. The Balaban J connectivity index is 1.43. The van der Waals surface area contributed by atoms with Gasteiger partial charge in [0.2, 0.25) is 5.91 Å². The van der Waals surface area contributed by atoms with E-state index in [0.29, 0.717) is 19.0 Å². The summed E-state index contributed by atoms with van der Waals surface area (Å²) in [5, 5.41) is 0. The van der Waals surface area contributed by atoms with Gasteiger partial charge in [-0.3, -0.25) is 9.59 Å². The van der Waals surface area contributed by atoms with E-state index in [1.807, 2.05) is 28.9 Å². The first kappa shape index (κ1) is 21.7. The lowest BCUT2D eigenvalue weighted by Gasteiger charge is -2.35. The lowest BCUT2D eigenvalue weighted by Crippen LogP contribution is -2.45. The summed E-state index contributed by atoms with van der Waals surface area (Å²) in [6.45, 7) is 9.45. The van der Waals surface area contributed by atoms with Gasteiger partial charge in [-0.15, -0.1) is 0 Å².